The molecule has 0 heterocycles. The van der Waals surface area contributed by atoms with Crippen LogP contribution in [0.2, 0.25) is 5.02 Å². The lowest BCUT2D eigenvalue weighted by molar-refractivity contribution is -0.122. The number of carbonyl (C=O) groups excluding carboxylic acids is 1. The van der Waals surface area contributed by atoms with Crippen molar-refractivity contribution in [2.24, 2.45) is 5.92 Å². The molecule has 0 unspecified atom stereocenters. The molecule has 1 aromatic rings. The van der Waals surface area contributed by atoms with Crippen molar-refractivity contribution in [1.82, 2.24) is 0 Å². The van der Waals surface area contributed by atoms with Crippen LogP contribution in [0.25, 0.3) is 0 Å². The van der Waals surface area contributed by atoms with E-state index in [-0.39, 0.29) is 23.1 Å². The minimum atomic E-state index is -0.443. The van der Waals surface area contributed by atoms with Gasteiger partial charge in [-0.3, -0.25) is 4.79 Å². The lowest BCUT2D eigenvalue weighted by Crippen LogP contribution is -2.17. The molecule has 0 bridgehead atoms. The first-order valence-electron chi connectivity index (χ1n) is 6.64. The Kier molecular flexibility index (Phi) is 4.76. The van der Waals surface area contributed by atoms with E-state index in [4.69, 9.17) is 11.6 Å². The van der Waals surface area contributed by atoms with E-state index in [9.17, 15) is 9.18 Å². The van der Waals surface area contributed by atoms with E-state index >= 15 is 0 Å². The zero-order valence-corrected chi connectivity index (χ0v) is 11.2. The molecule has 1 fully saturated rings. The molecule has 2 rings (SSSR count). The molecule has 0 spiro atoms. The summed E-state index contributed by atoms with van der Waals surface area (Å²) < 4.78 is 13.7. The van der Waals surface area contributed by atoms with Crippen LogP contribution in [-0.4, -0.2) is 5.78 Å². The highest BCUT2D eigenvalue weighted by molar-refractivity contribution is 6.30. The fourth-order valence-corrected chi connectivity index (χ4v) is 2.81. The maximum atomic E-state index is 13.7. The van der Waals surface area contributed by atoms with Gasteiger partial charge in [0.15, 0.2) is 0 Å². The van der Waals surface area contributed by atoms with Gasteiger partial charge in [-0.15, -0.1) is 0 Å². The molecule has 0 amide bonds. The van der Waals surface area contributed by atoms with Crippen molar-refractivity contribution in [2.75, 3.05) is 0 Å². The van der Waals surface area contributed by atoms with Crippen LogP contribution in [-0.2, 0) is 11.2 Å². The Morgan fingerprint density at radius 2 is 1.89 bits per heavy atom. The molecular weight excluding hydrogens is 251 g/mol. The Morgan fingerprint density at radius 3 is 2.56 bits per heavy atom. The number of hydrogen-bond acceptors (Lipinski definition) is 1. The van der Waals surface area contributed by atoms with Crippen LogP contribution in [0.4, 0.5) is 4.39 Å². The Hall–Kier alpha value is -0.890. The largest absolute Gasteiger partial charge is 0.299 e. The second-order valence-electron chi connectivity index (χ2n) is 5.04. The van der Waals surface area contributed by atoms with Crippen molar-refractivity contribution in [2.45, 2.75) is 44.9 Å². The molecule has 1 aromatic carbocycles. The Labute approximate surface area is 112 Å². The van der Waals surface area contributed by atoms with E-state index in [0.29, 0.717) is 5.56 Å². The van der Waals surface area contributed by atoms with Crippen LogP contribution in [0.5, 0.6) is 0 Å². The maximum Gasteiger partial charge on any atom is 0.145 e. The summed E-state index contributed by atoms with van der Waals surface area (Å²) in [6.07, 6.45) is 6.77. The van der Waals surface area contributed by atoms with Crippen LogP contribution in [0.1, 0.15) is 44.1 Å². The topological polar surface area (TPSA) is 17.1 Å². The first-order chi connectivity index (χ1) is 8.68. The minimum absolute atomic E-state index is 0.0983. The molecule has 0 aliphatic heterocycles. The second-order valence-corrected chi connectivity index (χ2v) is 5.45. The smallest absolute Gasteiger partial charge is 0.145 e. The molecule has 3 heteroatoms. The summed E-state index contributed by atoms with van der Waals surface area (Å²) in [5, 5.41) is 0.0983. The van der Waals surface area contributed by atoms with Gasteiger partial charge >= 0.3 is 0 Å². The Morgan fingerprint density at radius 1 is 1.22 bits per heavy atom. The van der Waals surface area contributed by atoms with Gasteiger partial charge in [0, 0.05) is 12.3 Å². The highest BCUT2D eigenvalue weighted by Crippen LogP contribution is 2.26. The lowest BCUT2D eigenvalue weighted by Gasteiger charge is -2.13. The van der Waals surface area contributed by atoms with Crippen molar-refractivity contribution in [3.05, 3.63) is 34.6 Å². The van der Waals surface area contributed by atoms with E-state index in [0.717, 1.165) is 25.7 Å². The quantitative estimate of drug-likeness (QED) is 0.735. The molecule has 1 aliphatic carbocycles. The van der Waals surface area contributed by atoms with Gasteiger partial charge in [0.25, 0.3) is 0 Å². The molecule has 18 heavy (non-hydrogen) atoms. The first-order valence-corrected chi connectivity index (χ1v) is 7.02. The number of Topliss-reactive ketones (excluding diaryl/α,β-unsaturated/α-hetero) is 1. The fraction of sp³-hybridized carbons (Fsp3) is 0.533. The molecule has 1 aliphatic rings. The number of rotatable bonds is 3. The predicted octanol–water partition coefficient (Wildman–Crippen LogP) is 4.56. The SMILES string of the molecule is O=C(Cc1cccc(Cl)c1F)C1CCCCCC1. The predicted molar refractivity (Wildman–Crippen MR) is 71.3 cm³/mol. The van der Waals surface area contributed by atoms with Crippen LogP contribution in [0.15, 0.2) is 18.2 Å². The van der Waals surface area contributed by atoms with E-state index in [1.165, 1.54) is 18.9 Å². The van der Waals surface area contributed by atoms with E-state index in [1.54, 1.807) is 12.1 Å². The van der Waals surface area contributed by atoms with Gasteiger partial charge in [0.2, 0.25) is 0 Å². The fourth-order valence-electron chi connectivity index (χ4n) is 2.62. The molecule has 0 aromatic heterocycles. The highest BCUT2D eigenvalue weighted by Gasteiger charge is 2.21. The third-order valence-corrected chi connectivity index (χ3v) is 4.00. The summed E-state index contributed by atoms with van der Waals surface area (Å²) in [5.41, 5.74) is 0.428. The number of ketones is 1. The molecule has 1 saturated carbocycles. The van der Waals surface area contributed by atoms with Gasteiger partial charge < -0.3 is 0 Å². The van der Waals surface area contributed by atoms with Gasteiger partial charge in [0.05, 0.1) is 5.02 Å². The molecule has 0 atom stereocenters. The van der Waals surface area contributed by atoms with Crippen molar-refractivity contribution in [3.8, 4) is 0 Å². The second kappa shape index (κ2) is 6.33. The minimum Gasteiger partial charge on any atom is -0.299 e. The molecule has 0 radical (unpaired) electrons. The molecule has 1 nitrogen and oxygen atoms in total. The number of carbonyl (C=O) groups is 1. The van der Waals surface area contributed by atoms with Gasteiger partial charge in [0.1, 0.15) is 11.6 Å². The van der Waals surface area contributed by atoms with Crippen LogP contribution >= 0.6 is 11.6 Å². The summed E-state index contributed by atoms with van der Waals surface area (Å²) >= 11 is 5.72. The Bertz CT molecular complexity index is 423. The van der Waals surface area contributed by atoms with E-state index in [1.807, 2.05) is 0 Å². The number of hydrogen-bond donors (Lipinski definition) is 0. The zero-order chi connectivity index (χ0) is 13.0. The average molecular weight is 269 g/mol. The number of halogens is 2. The summed E-state index contributed by atoms with van der Waals surface area (Å²) in [6.45, 7) is 0. The third-order valence-electron chi connectivity index (χ3n) is 3.71. The first kappa shape index (κ1) is 13.5. The summed E-state index contributed by atoms with van der Waals surface area (Å²) in [6, 6.07) is 4.85. The maximum absolute atomic E-state index is 13.7. The summed E-state index contributed by atoms with van der Waals surface area (Å²) in [4.78, 5) is 12.2. The zero-order valence-electron chi connectivity index (χ0n) is 10.4. The molecule has 98 valence electrons. The van der Waals surface area contributed by atoms with E-state index < -0.39 is 5.82 Å². The van der Waals surface area contributed by atoms with Gasteiger partial charge in [-0.05, 0) is 24.5 Å². The normalized spacial score (nSPS) is 17.4. The van der Waals surface area contributed by atoms with Gasteiger partial charge in [-0.2, -0.15) is 0 Å². The molecule has 0 saturated heterocycles. The van der Waals surface area contributed by atoms with E-state index in [2.05, 4.69) is 0 Å². The average Bonchev–Trinajstić information content (AvgIpc) is 2.63. The van der Waals surface area contributed by atoms with Crippen molar-refractivity contribution >= 4 is 17.4 Å². The summed E-state index contributed by atoms with van der Waals surface area (Å²) in [7, 11) is 0. The van der Waals surface area contributed by atoms with Gasteiger partial charge in [-0.1, -0.05) is 49.4 Å². The summed E-state index contributed by atoms with van der Waals surface area (Å²) in [5.74, 6) is -0.162. The van der Waals surface area contributed by atoms with Crippen LogP contribution in [0.3, 0.4) is 0 Å². The van der Waals surface area contributed by atoms with Crippen molar-refractivity contribution < 1.29 is 9.18 Å². The third kappa shape index (κ3) is 3.32. The standard InChI is InChI=1S/C15H18ClFO/c16-13-9-5-8-12(15(13)17)10-14(18)11-6-3-1-2-4-7-11/h5,8-9,11H,1-4,6-7,10H2. The van der Waals surface area contributed by atoms with Gasteiger partial charge in [-0.25, -0.2) is 4.39 Å². The molecule has 0 N–H and O–H groups in total. The molecular formula is C15H18ClFO. The Balaban J connectivity index is 2.03. The highest BCUT2D eigenvalue weighted by atomic mass is 35.5. The van der Waals surface area contributed by atoms with Crippen molar-refractivity contribution in [3.63, 3.8) is 0 Å². The monoisotopic (exact) mass is 268 g/mol. The van der Waals surface area contributed by atoms with Crippen molar-refractivity contribution in [1.29, 1.82) is 0 Å². The van der Waals surface area contributed by atoms with Crippen LogP contribution in [0, 0.1) is 11.7 Å². The lowest BCUT2D eigenvalue weighted by atomic mass is 9.91. The van der Waals surface area contributed by atoms with Crippen LogP contribution < -0.4 is 0 Å². The number of benzene rings is 1.